The highest BCUT2D eigenvalue weighted by Crippen LogP contribution is 2.29. The molecule has 0 saturated carbocycles. The van der Waals surface area contributed by atoms with Crippen LogP contribution in [0, 0.1) is 5.82 Å². The summed E-state index contributed by atoms with van der Waals surface area (Å²) in [4.78, 5) is 20.3. The van der Waals surface area contributed by atoms with Gasteiger partial charge in [-0.1, -0.05) is 12.1 Å². The minimum absolute atomic E-state index is 0.00302. The maximum atomic E-state index is 13.1. The zero-order chi connectivity index (χ0) is 20.1. The van der Waals surface area contributed by atoms with Gasteiger partial charge in [-0.25, -0.2) is 4.39 Å². The highest BCUT2D eigenvalue weighted by atomic mass is 32.1. The molecular weight excluding hydrogens is 387 g/mol. The van der Waals surface area contributed by atoms with Crippen LogP contribution in [0.2, 0.25) is 0 Å². The summed E-state index contributed by atoms with van der Waals surface area (Å²) in [6.07, 6.45) is 7.86. The lowest BCUT2D eigenvalue weighted by molar-refractivity contribution is -0.125. The molecule has 3 heterocycles. The molecule has 1 fully saturated rings. The van der Waals surface area contributed by atoms with Gasteiger partial charge in [-0.15, -0.1) is 11.3 Å². The Morgan fingerprint density at radius 1 is 1.17 bits per heavy atom. The van der Waals surface area contributed by atoms with E-state index >= 15 is 0 Å². The molecule has 0 spiro atoms. The second-order valence-electron chi connectivity index (χ2n) is 6.90. The van der Waals surface area contributed by atoms with Crippen molar-refractivity contribution in [2.24, 2.45) is 0 Å². The third-order valence-corrected chi connectivity index (χ3v) is 5.94. The summed E-state index contributed by atoms with van der Waals surface area (Å²) in [5, 5.41) is 0. The average molecular weight is 408 g/mol. The van der Waals surface area contributed by atoms with Crippen molar-refractivity contribution in [1.29, 1.82) is 0 Å². The molecule has 1 amide bonds. The van der Waals surface area contributed by atoms with Gasteiger partial charge in [0, 0.05) is 41.3 Å². The van der Waals surface area contributed by atoms with E-state index in [1.807, 2.05) is 35.2 Å². The highest BCUT2D eigenvalue weighted by molar-refractivity contribution is 7.16. The molecule has 2 aromatic heterocycles. The van der Waals surface area contributed by atoms with Gasteiger partial charge < -0.3 is 9.64 Å². The molecule has 1 saturated heterocycles. The molecule has 4 nitrogen and oxygen atoms in total. The van der Waals surface area contributed by atoms with E-state index in [4.69, 9.17) is 4.74 Å². The number of amides is 1. The maximum Gasteiger partial charge on any atom is 0.246 e. The first-order valence-corrected chi connectivity index (χ1v) is 10.3. The summed E-state index contributed by atoms with van der Waals surface area (Å²) in [5.41, 5.74) is 2.05. The first-order chi connectivity index (χ1) is 14.2. The number of benzene rings is 1. The van der Waals surface area contributed by atoms with Crippen LogP contribution in [0.4, 0.5) is 4.39 Å². The number of likely N-dealkylation sites (tertiary alicyclic amines) is 1. The summed E-state index contributed by atoms with van der Waals surface area (Å²) >= 11 is 1.57. The van der Waals surface area contributed by atoms with E-state index in [1.54, 1.807) is 41.9 Å². The van der Waals surface area contributed by atoms with Crippen molar-refractivity contribution in [2.45, 2.75) is 19.1 Å². The van der Waals surface area contributed by atoms with Gasteiger partial charge in [0.1, 0.15) is 5.82 Å². The van der Waals surface area contributed by atoms with E-state index in [1.165, 1.54) is 12.1 Å². The molecule has 0 aliphatic carbocycles. The van der Waals surface area contributed by atoms with E-state index in [0.717, 1.165) is 27.3 Å². The van der Waals surface area contributed by atoms with Gasteiger partial charge in [0.15, 0.2) is 0 Å². The van der Waals surface area contributed by atoms with Gasteiger partial charge in [-0.2, -0.15) is 0 Å². The minimum Gasteiger partial charge on any atom is -0.372 e. The number of rotatable bonds is 6. The normalized spacial score (nSPS) is 16.6. The van der Waals surface area contributed by atoms with Crippen molar-refractivity contribution in [2.75, 3.05) is 13.1 Å². The van der Waals surface area contributed by atoms with Crippen molar-refractivity contribution in [3.63, 3.8) is 0 Å². The van der Waals surface area contributed by atoms with Crippen LogP contribution < -0.4 is 0 Å². The number of aromatic nitrogens is 1. The van der Waals surface area contributed by atoms with Crippen molar-refractivity contribution < 1.29 is 13.9 Å². The van der Waals surface area contributed by atoms with Gasteiger partial charge in [-0.05, 0) is 60.0 Å². The molecule has 29 heavy (non-hydrogen) atoms. The molecule has 6 heteroatoms. The highest BCUT2D eigenvalue weighted by Gasteiger charge is 2.25. The van der Waals surface area contributed by atoms with Crippen LogP contribution in [0.15, 0.2) is 67.0 Å². The SMILES string of the molecule is O=C(C=Cc1ccc(-c2ccc(F)cc2)s1)N1CCC(OCc2ccncc2)C1. The predicted molar refractivity (Wildman–Crippen MR) is 113 cm³/mol. The topological polar surface area (TPSA) is 42.4 Å². The number of carbonyl (C=O) groups excluding carboxylic acids is 1. The molecule has 1 unspecified atom stereocenters. The van der Waals surface area contributed by atoms with E-state index < -0.39 is 0 Å². The lowest BCUT2D eigenvalue weighted by Gasteiger charge is -2.15. The Morgan fingerprint density at radius 2 is 1.97 bits per heavy atom. The van der Waals surface area contributed by atoms with E-state index in [-0.39, 0.29) is 17.8 Å². The third-order valence-electron chi connectivity index (χ3n) is 4.84. The molecule has 0 bridgehead atoms. The Morgan fingerprint density at radius 3 is 2.76 bits per heavy atom. The number of halogens is 1. The Balaban J connectivity index is 1.29. The number of nitrogens with zero attached hydrogens (tertiary/aromatic N) is 2. The summed E-state index contributed by atoms with van der Waals surface area (Å²) in [7, 11) is 0. The van der Waals surface area contributed by atoms with E-state index in [2.05, 4.69) is 4.98 Å². The minimum atomic E-state index is -0.246. The zero-order valence-corrected chi connectivity index (χ0v) is 16.6. The Labute approximate surface area is 173 Å². The molecule has 1 aliphatic rings. The monoisotopic (exact) mass is 408 g/mol. The van der Waals surface area contributed by atoms with Crippen molar-refractivity contribution >= 4 is 23.3 Å². The number of ether oxygens (including phenoxy) is 1. The fraction of sp³-hybridized carbons (Fsp3) is 0.217. The fourth-order valence-corrected chi connectivity index (χ4v) is 4.14. The van der Waals surface area contributed by atoms with Crippen LogP contribution in [0.3, 0.4) is 0 Å². The summed E-state index contributed by atoms with van der Waals surface area (Å²) < 4.78 is 19.0. The zero-order valence-electron chi connectivity index (χ0n) is 15.8. The third kappa shape index (κ3) is 5.16. The molecular formula is C23H21FN2O2S. The molecule has 1 atom stereocenters. The molecule has 0 radical (unpaired) electrons. The first kappa shape index (κ1) is 19.5. The molecule has 0 N–H and O–H groups in total. The summed E-state index contributed by atoms with van der Waals surface area (Å²) in [6.45, 7) is 1.85. The first-order valence-electron chi connectivity index (χ1n) is 9.50. The van der Waals surface area contributed by atoms with Gasteiger partial charge in [0.2, 0.25) is 5.91 Å². The largest absolute Gasteiger partial charge is 0.372 e. The molecule has 148 valence electrons. The van der Waals surface area contributed by atoms with Crippen LogP contribution in [-0.2, 0) is 16.1 Å². The smallest absolute Gasteiger partial charge is 0.246 e. The Hall–Kier alpha value is -2.83. The lowest BCUT2D eigenvalue weighted by Crippen LogP contribution is -2.28. The maximum absolute atomic E-state index is 13.1. The van der Waals surface area contributed by atoms with Crippen LogP contribution in [0.5, 0.6) is 0 Å². The number of carbonyl (C=O) groups is 1. The number of pyridine rings is 1. The van der Waals surface area contributed by atoms with Gasteiger partial charge >= 0.3 is 0 Å². The number of thiophene rings is 1. The van der Waals surface area contributed by atoms with E-state index in [0.29, 0.717) is 19.7 Å². The van der Waals surface area contributed by atoms with E-state index in [9.17, 15) is 9.18 Å². The second-order valence-corrected chi connectivity index (χ2v) is 8.02. The number of hydrogen-bond acceptors (Lipinski definition) is 4. The van der Waals surface area contributed by atoms with Crippen LogP contribution >= 0.6 is 11.3 Å². The Kier molecular flexibility index (Phi) is 6.12. The van der Waals surface area contributed by atoms with Crippen molar-refractivity contribution in [3.8, 4) is 10.4 Å². The van der Waals surface area contributed by atoms with Crippen molar-refractivity contribution in [3.05, 3.63) is 83.3 Å². The summed E-state index contributed by atoms with van der Waals surface area (Å²) in [5.74, 6) is -0.249. The lowest BCUT2D eigenvalue weighted by atomic mass is 10.2. The quantitative estimate of drug-likeness (QED) is 0.551. The average Bonchev–Trinajstić information content (AvgIpc) is 3.42. The van der Waals surface area contributed by atoms with Gasteiger partial charge in [0.05, 0.1) is 12.7 Å². The van der Waals surface area contributed by atoms with Gasteiger partial charge in [-0.3, -0.25) is 9.78 Å². The Bertz CT molecular complexity index is 986. The molecule has 4 rings (SSSR count). The van der Waals surface area contributed by atoms with Gasteiger partial charge in [0.25, 0.3) is 0 Å². The van der Waals surface area contributed by atoms with Crippen LogP contribution in [-0.4, -0.2) is 35.0 Å². The van der Waals surface area contributed by atoms with Crippen LogP contribution in [0.25, 0.3) is 16.5 Å². The predicted octanol–water partition coefficient (Wildman–Crippen LogP) is 4.78. The fourth-order valence-electron chi connectivity index (χ4n) is 3.23. The summed E-state index contributed by atoms with van der Waals surface area (Å²) in [6, 6.07) is 14.2. The van der Waals surface area contributed by atoms with Crippen molar-refractivity contribution in [1.82, 2.24) is 9.88 Å². The number of hydrogen-bond donors (Lipinski definition) is 0. The molecule has 1 aliphatic heterocycles. The van der Waals surface area contributed by atoms with Crippen LogP contribution in [0.1, 0.15) is 16.9 Å². The molecule has 1 aromatic carbocycles. The standard InChI is InChI=1S/C23H21FN2O2S/c24-19-3-1-18(2-4-19)22-7-5-21(29-22)6-8-23(27)26-14-11-20(15-26)28-16-17-9-12-25-13-10-17/h1-10,12-13,20H,11,14-16H2. The molecule has 3 aromatic rings. The second kappa shape index (κ2) is 9.11.